The van der Waals surface area contributed by atoms with E-state index in [2.05, 4.69) is 19.2 Å². The normalized spacial score (nSPS) is 36.0. The zero-order chi connectivity index (χ0) is 6.15. The molecule has 1 saturated carbocycles. The van der Waals surface area contributed by atoms with Crippen molar-refractivity contribution >= 4 is 0 Å². The third kappa shape index (κ3) is 1.03. The Morgan fingerprint density at radius 2 is 2.12 bits per heavy atom. The second-order valence-electron chi connectivity index (χ2n) is 3.04. The fourth-order valence-corrected chi connectivity index (χ4v) is 1.28. The maximum Gasteiger partial charge on any atom is 0.00986 e. The smallest absolute Gasteiger partial charge is 0.00986 e. The average molecular weight is 113 g/mol. The Hall–Kier alpha value is -0.0400. The first-order valence-electron chi connectivity index (χ1n) is 3.43. The molecular weight excluding hydrogens is 98.1 g/mol. The predicted molar refractivity (Wildman–Crippen MR) is 35.8 cm³/mol. The summed E-state index contributed by atoms with van der Waals surface area (Å²) in [4.78, 5) is 0. The van der Waals surface area contributed by atoms with Gasteiger partial charge in [0.25, 0.3) is 0 Å². The molecule has 2 atom stereocenters. The SMILES string of the molecule is CNC1CC1C(C)C. The van der Waals surface area contributed by atoms with Crippen LogP contribution in [0.15, 0.2) is 0 Å². The van der Waals surface area contributed by atoms with Crippen molar-refractivity contribution in [2.45, 2.75) is 26.3 Å². The van der Waals surface area contributed by atoms with E-state index < -0.39 is 0 Å². The highest BCUT2D eigenvalue weighted by Gasteiger charge is 2.37. The van der Waals surface area contributed by atoms with Crippen molar-refractivity contribution in [3.63, 3.8) is 0 Å². The standard InChI is InChI=1S/C7H15N/c1-5(2)6-4-7(6)8-3/h5-8H,4H2,1-3H3. The van der Waals surface area contributed by atoms with Gasteiger partial charge < -0.3 is 5.32 Å². The molecule has 1 fully saturated rings. The molecule has 1 rings (SSSR count). The molecule has 0 spiro atoms. The van der Waals surface area contributed by atoms with Gasteiger partial charge in [0.2, 0.25) is 0 Å². The van der Waals surface area contributed by atoms with Crippen LogP contribution in [0.3, 0.4) is 0 Å². The van der Waals surface area contributed by atoms with E-state index in [4.69, 9.17) is 0 Å². The molecule has 0 amide bonds. The summed E-state index contributed by atoms with van der Waals surface area (Å²) in [6.07, 6.45) is 1.40. The highest BCUT2D eigenvalue weighted by Crippen LogP contribution is 2.36. The van der Waals surface area contributed by atoms with Crippen LogP contribution in [-0.2, 0) is 0 Å². The monoisotopic (exact) mass is 113 g/mol. The molecule has 48 valence electrons. The Labute approximate surface area is 51.5 Å². The van der Waals surface area contributed by atoms with Crippen molar-refractivity contribution in [3.8, 4) is 0 Å². The van der Waals surface area contributed by atoms with E-state index in [0.717, 1.165) is 17.9 Å². The first-order valence-corrected chi connectivity index (χ1v) is 3.43. The number of rotatable bonds is 2. The van der Waals surface area contributed by atoms with E-state index in [9.17, 15) is 0 Å². The van der Waals surface area contributed by atoms with E-state index >= 15 is 0 Å². The summed E-state index contributed by atoms with van der Waals surface area (Å²) < 4.78 is 0. The topological polar surface area (TPSA) is 12.0 Å². The lowest BCUT2D eigenvalue weighted by molar-refractivity contribution is 0.528. The molecule has 0 aliphatic heterocycles. The molecule has 0 saturated heterocycles. The van der Waals surface area contributed by atoms with Gasteiger partial charge in [-0.05, 0) is 25.3 Å². The van der Waals surface area contributed by atoms with Crippen molar-refractivity contribution in [1.82, 2.24) is 5.32 Å². The molecule has 1 aliphatic carbocycles. The van der Waals surface area contributed by atoms with Crippen LogP contribution < -0.4 is 5.32 Å². The van der Waals surface area contributed by atoms with Crippen molar-refractivity contribution in [3.05, 3.63) is 0 Å². The lowest BCUT2D eigenvalue weighted by Gasteiger charge is -1.99. The lowest BCUT2D eigenvalue weighted by atomic mass is 10.1. The molecule has 0 heterocycles. The molecule has 1 heteroatoms. The highest BCUT2D eigenvalue weighted by atomic mass is 14.9. The molecule has 0 aromatic rings. The minimum atomic E-state index is 0.843. The maximum atomic E-state index is 3.27. The summed E-state index contributed by atoms with van der Waals surface area (Å²) in [6, 6.07) is 0.843. The molecule has 0 radical (unpaired) electrons. The Bertz CT molecular complexity index is 78.5. The zero-order valence-electron chi connectivity index (χ0n) is 5.94. The van der Waals surface area contributed by atoms with Gasteiger partial charge in [-0.25, -0.2) is 0 Å². The number of hydrogen-bond donors (Lipinski definition) is 1. The Morgan fingerprint density at radius 3 is 2.25 bits per heavy atom. The van der Waals surface area contributed by atoms with Gasteiger partial charge in [-0.1, -0.05) is 13.8 Å². The Morgan fingerprint density at radius 1 is 1.50 bits per heavy atom. The van der Waals surface area contributed by atoms with Gasteiger partial charge in [-0.3, -0.25) is 0 Å². The minimum absolute atomic E-state index is 0.843. The van der Waals surface area contributed by atoms with Gasteiger partial charge in [0.15, 0.2) is 0 Å². The van der Waals surface area contributed by atoms with E-state index in [0.29, 0.717) is 0 Å². The van der Waals surface area contributed by atoms with Crippen LogP contribution in [0.1, 0.15) is 20.3 Å². The third-order valence-corrected chi connectivity index (χ3v) is 2.07. The largest absolute Gasteiger partial charge is 0.317 e. The maximum absolute atomic E-state index is 3.27. The summed E-state index contributed by atoms with van der Waals surface area (Å²) in [5, 5.41) is 3.27. The summed E-state index contributed by atoms with van der Waals surface area (Å²) in [6.45, 7) is 4.59. The number of hydrogen-bond acceptors (Lipinski definition) is 1. The lowest BCUT2D eigenvalue weighted by Crippen LogP contribution is -2.12. The summed E-state index contributed by atoms with van der Waals surface area (Å²) in [7, 11) is 2.05. The fraction of sp³-hybridized carbons (Fsp3) is 1.00. The third-order valence-electron chi connectivity index (χ3n) is 2.07. The molecule has 0 aromatic heterocycles. The first-order chi connectivity index (χ1) is 3.75. The molecule has 1 nitrogen and oxygen atoms in total. The second kappa shape index (κ2) is 2.06. The molecule has 8 heavy (non-hydrogen) atoms. The highest BCUT2D eigenvalue weighted by molar-refractivity contribution is 4.93. The zero-order valence-corrected chi connectivity index (χ0v) is 5.94. The number of nitrogens with one attached hydrogen (secondary N) is 1. The quantitative estimate of drug-likeness (QED) is 0.568. The van der Waals surface area contributed by atoms with Crippen LogP contribution in [0.2, 0.25) is 0 Å². The van der Waals surface area contributed by atoms with E-state index in [1.165, 1.54) is 6.42 Å². The van der Waals surface area contributed by atoms with Crippen molar-refractivity contribution in [2.24, 2.45) is 11.8 Å². The van der Waals surface area contributed by atoms with Crippen LogP contribution in [0.5, 0.6) is 0 Å². The van der Waals surface area contributed by atoms with Crippen molar-refractivity contribution in [2.75, 3.05) is 7.05 Å². The van der Waals surface area contributed by atoms with Crippen LogP contribution in [0.25, 0.3) is 0 Å². The van der Waals surface area contributed by atoms with Crippen molar-refractivity contribution in [1.29, 1.82) is 0 Å². The van der Waals surface area contributed by atoms with E-state index in [1.54, 1.807) is 0 Å². The van der Waals surface area contributed by atoms with Gasteiger partial charge in [-0.2, -0.15) is 0 Å². The van der Waals surface area contributed by atoms with Gasteiger partial charge in [-0.15, -0.1) is 0 Å². The van der Waals surface area contributed by atoms with Gasteiger partial charge >= 0.3 is 0 Å². The van der Waals surface area contributed by atoms with Crippen molar-refractivity contribution < 1.29 is 0 Å². The molecule has 2 unspecified atom stereocenters. The van der Waals surface area contributed by atoms with Crippen LogP contribution in [-0.4, -0.2) is 13.1 Å². The summed E-state index contributed by atoms with van der Waals surface area (Å²) in [5.41, 5.74) is 0. The predicted octanol–water partition coefficient (Wildman–Crippen LogP) is 1.25. The van der Waals surface area contributed by atoms with E-state index in [-0.39, 0.29) is 0 Å². The summed E-state index contributed by atoms with van der Waals surface area (Å²) in [5.74, 6) is 1.85. The van der Waals surface area contributed by atoms with Gasteiger partial charge in [0.1, 0.15) is 0 Å². The summed E-state index contributed by atoms with van der Waals surface area (Å²) >= 11 is 0. The Kier molecular flexibility index (Phi) is 1.57. The van der Waals surface area contributed by atoms with Crippen LogP contribution >= 0.6 is 0 Å². The molecule has 1 aliphatic rings. The molecule has 1 N–H and O–H groups in total. The minimum Gasteiger partial charge on any atom is -0.317 e. The van der Waals surface area contributed by atoms with Gasteiger partial charge in [0, 0.05) is 6.04 Å². The fourth-order valence-electron chi connectivity index (χ4n) is 1.28. The first kappa shape index (κ1) is 6.09. The van der Waals surface area contributed by atoms with E-state index in [1.807, 2.05) is 7.05 Å². The Balaban J connectivity index is 2.16. The molecular formula is C7H15N. The van der Waals surface area contributed by atoms with Crippen LogP contribution in [0, 0.1) is 11.8 Å². The van der Waals surface area contributed by atoms with Crippen LogP contribution in [0.4, 0.5) is 0 Å². The molecule has 0 bridgehead atoms. The second-order valence-corrected chi connectivity index (χ2v) is 3.04. The van der Waals surface area contributed by atoms with Gasteiger partial charge in [0.05, 0.1) is 0 Å². The average Bonchev–Trinajstić information content (AvgIpc) is 2.42. The molecule has 0 aromatic carbocycles.